The van der Waals surface area contributed by atoms with Crippen LogP contribution in [0.25, 0.3) is 16.9 Å². The van der Waals surface area contributed by atoms with Crippen LogP contribution in [0.2, 0.25) is 0 Å². The summed E-state index contributed by atoms with van der Waals surface area (Å²) in [6, 6.07) is 21.2. The second-order valence-electron chi connectivity index (χ2n) is 7.37. The van der Waals surface area contributed by atoms with Crippen molar-refractivity contribution in [1.82, 2.24) is 15.1 Å². The van der Waals surface area contributed by atoms with Crippen LogP contribution in [0.1, 0.15) is 15.9 Å². The summed E-state index contributed by atoms with van der Waals surface area (Å²) in [7, 11) is 3.15. The molecule has 0 aliphatic carbocycles. The van der Waals surface area contributed by atoms with Crippen molar-refractivity contribution in [3.63, 3.8) is 0 Å². The van der Waals surface area contributed by atoms with Gasteiger partial charge in [0.1, 0.15) is 23.0 Å². The minimum absolute atomic E-state index is 0.257. The van der Waals surface area contributed by atoms with Crippen LogP contribution in [0.4, 0.5) is 4.39 Å². The molecule has 0 atom stereocenters. The molecule has 4 rings (SSSR count). The van der Waals surface area contributed by atoms with Gasteiger partial charge < -0.3 is 14.8 Å². The van der Waals surface area contributed by atoms with Crippen molar-refractivity contribution in [2.24, 2.45) is 0 Å². The molecule has 1 N–H and O–H groups in total. The Morgan fingerprint density at radius 2 is 1.76 bits per heavy atom. The van der Waals surface area contributed by atoms with Crippen molar-refractivity contribution >= 4 is 5.91 Å². The predicted molar refractivity (Wildman–Crippen MR) is 125 cm³/mol. The van der Waals surface area contributed by atoms with E-state index >= 15 is 0 Å². The maximum atomic E-state index is 13.2. The first-order chi connectivity index (χ1) is 16.1. The molecule has 0 aliphatic heterocycles. The Bertz CT molecular complexity index is 1240. The van der Waals surface area contributed by atoms with Crippen LogP contribution in [0.3, 0.4) is 0 Å². The Labute approximate surface area is 191 Å². The van der Waals surface area contributed by atoms with Crippen LogP contribution in [0.5, 0.6) is 11.5 Å². The fraction of sp³-hybridized carbons (Fsp3) is 0.154. The number of nitrogens with one attached hydrogen (secondary N) is 1. The third kappa shape index (κ3) is 5.03. The number of ether oxygens (including phenoxy) is 2. The second-order valence-corrected chi connectivity index (χ2v) is 7.37. The molecule has 168 valence electrons. The number of aromatic nitrogens is 2. The smallest absolute Gasteiger partial charge is 0.255 e. The Morgan fingerprint density at radius 1 is 1.00 bits per heavy atom. The lowest BCUT2D eigenvalue weighted by Crippen LogP contribution is -2.25. The lowest BCUT2D eigenvalue weighted by Gasteiger charge is -2.10. The first-order valence-corrected chi connectivity index (χ1v) is 10.5. The van der Waals surface area contributed by atoms with Crippen molar-refractivity contribution in [1.29, 1.82) is 0 Å². The van der Waals surface area contributed by atoms with E-state index in [1.54, 1.807) is 49.4 Å². The van der Waals surface area contributed by atoms with Crippen molar-refractivity contribution in [3.05, 3.63) is 95.9 Å². The fourth-order valence-corrected chi connectivity index (χ4v) is 3.51. The zero-order valence-electron chi connectivity index (χ0n) is 18.4. The summed E-state index contributed by atoms with van der Waals surface area (Å²) >= 11 is 0. The maximum absolute atomic E-state index is 13.2. The number of nitrogens with zero attached hydrogens (tertiary/aromatic N) is 2. The average Bonchev–Trinajstić information content (AvgIpc) is 3.31. The standard InChI is InChI=1S/C26H24FN3O3/c1-32-21-12-13-22(24(16-21)33-2)25-23(17-30(29-25)20-6-4-3-5-7-20)26(31)28-15-14-18-8-10-19(27)11-9-18/h3-13,16-17H,14-15H2,1-2H3,(H,28,31). The molecule has 1 amide bonds. The van der Waals surface area contributed by atoms with E-state index in [1.807, 2.05) is 36.4 Å². The fourth-order valence-electron chi connectivity index (χ4n) is 3.51. The van der Waals surface area contributed by atoms with Gasteiger partial charge in [-0.1, -0.05) is 30.3 Å². The molecular weight excluding hydrogens is 421 g/mol. The molecule has 7 heteroatoms. The number of carbonyl (C=O) groups is 1. The Hall–Kier alpha value is -4.13. The number of rotatable bonds is 8. The average molecular weight is 445 g/mol. The number of halogens is 1. The van der Waals surface area contributed by atoms with Gasteiger partial charge in [0.05, 0.1) is 25.5 Å². The first-order valence-electron chi connectivity index (χ1n) is 10.5. The number of amides is 1. The first kappa shape index (κ1) is 22.1. The van der Waals surface area contributed by atoms with Crippen LogP contribution in [0, 0.1) is 5.82 Å². The van der Waals surface area contributed by atoms with E-state index in [9.17, 15) is 9.18 Å². The molecule has 3 aromatic carbocycles. The lowest BCUT2D eigenvalue weighted by molar-refractivity contribution is 0.0954. The molecule has 0 saturated heterocycles. The minimum Gasteiger partial charge on any atom is -0.497 e. The third-order valence-corrected chi connectivity index (χ3v) is 5.26. The maximum Gasteiger partial charge on any atom is 0.255 e. The molecule has 0 aliphatic rings. The summed E-state index contributed by atoms with van der Waals surface area (Å²) in [6.07, 6.45) is 2.29. The van der Waals surface area contributed by atoms with E-state index in [-0.39, 0.29) is 11.7 Å². The van der Waals surface area contributed by atoms with E-state index in [2.05, 4.69) is 5.32 Å². The molecule has 0 unspecified atom stereocenters. The predicted octanol–water partition coefficient (Wildman–Crippen LogP) is 4.67. The van der Waals surface area contributed by atoms with Crippen molar-refractivity contribution in [3.8, 4) is 28.4 Å². The number of benzene rings is 3. The van der Waals surface area contributed by atoms with E-state index in [0.29, 0.717) is 41.3 Å². The molecule has 0 radical (unpaired) electrons. The monoisotopic (exact) mass is 445 g/mol. The van der Waals surface area contributed by atoms with E-state index in [0.717, 1.165) is 11.3 Å². The number of hydrogen-bond donors (Lipinski definition) is 1. The Balaban J connectivity index is 1.65. The van der Waals surface area contributed by atoms with Crippen molar-refractivity contribution in [2.75, 3.05) is 20.8 Å². The van der Waals surface area contributed by atoms with E-state index < -0.39 is 0 Å². The number of para-hydroxylation sites is 1. The van der Waals surface area contributed by atoms with Gasteiger partial charge in [0.25, 0.3) is 5.91 Å². The van der Waals surface area contributed by atoms with Crippen LogP contribution in [-0.2, 0) is 6.42 Å². The number of methoxy groups -OCH3 is 2. The van der Waals surface area contributed by atoms with Gasteiger partial charge in [-0.25, -0.2) is 9.07 Å². The summed E-state index contributed by atoms with van der Waals surface area (Å²) in [5, 5.41) is 7.65. The van der Waals surface area contributed by atoms with Crippen LogP contribution in [0.15, 0.2) is 79.0 Å². The van der Waals surface area contributed by atoms with Gasteiger partial charge in [-0.2, -0.15) is 5.10 Å². The van der Waals surface area contributed by atoms with Gasteiger partial charge in [0, 0.05) is 24.4 Å². The highest BCUT2D eigenvalue weighted by atomic mass is 19.1. The lowest BCUT2D eigenvalue weighted by atomic mass is 10.1. The highest BCUT2D eigenvalue weighted by Gasteiger charge is 2.21. The number of carbonyl (C=O) groups excluding carboxylic acids is 1. The Kier molecular flexibility index (Phi) is 6.69. The molecule has 4 aromatic rings. The third-order valence-electron chi connectivity index (χ3n) is 5.26. The molecule has 1 heterocycles. The molecule has 0 fully saturated rings. The molecule has 0 bridgehead atoms. The zero-order chi connectivity index (χ0) is 23.2. The summed E-state index contributed by atoms with van der Waals surface area (Å²) in [4.78, 5) is 13.2. The topological polar surface area (TPSA) is 65.4 Å². The molecule has 0 saturated carbocycles. The van der Waals surface area contributed by atoms with Gasteiger partial charge >= 0.3 is 0 Å². The largest absolute Gasteiger partial charge is 0.497 e. The summed E-state index contributed by atoms with van der Waals surface area (Å²) in [6.45, 7) is 0.403. The molecule has 33 heavy (non-hydrogen) atoms. The van der Waals surface area contributed by atoms with Gasteiger partial charge in [0.2, 0.25) is 0 Å². The number of hydrogen-bond acceptors (Lipinski definition) is 4. The normalized spacial score (nSPS) is 10.6. The van der Waals surface area contributed by atoms with Crippen LogP contribution in [-0.4, -0.2) is 36.5 Å². The second kappa shape index (κ2) is 9.99. The SMILES string of the molecule is COc1ccc(-c2nn(-c3ccccc3)cc2C(=O)NCCc2ccc(F)cc2)c(OC)c1. The van der Waals surface area contributed by atoms with E-state index in [4.69, 9.17) is 14.6 Å². The van der Waals surface area contributed by atoms with Crippen LogP contribution < -0.4 is 14.8 Å². The van der Waals surface area contributed by atoms with E-state index in [1.165, 1.54) is 12.1 Å². The molecule has 6 nitrogen and oxygen atoms in total. The molecular formula is C26H24FN3O3. The quantitative estimate of drug-likeness (QED) is 0.428. The summed E-state index contributed by atoms with van der Waals surface area (Å²) in [5.41, 5.74) is 3.36. The summed E-state index contributed by atoms with van der Waals surface area (Å²) in [5.74, 6) is 0.651. The van der Waals surface area contributed by atoms with Gasteiger partial charge in [0.15, 0.2) is 0 Å². The zero-order valence-corrected chi connectivity index (χ0v) is 18.4. The molecule has 1 aromatic heterocycles. The highest BCUT2D eigenvalue weighted by molar-refractivity contribution is 6.00. The van der Waals surface area contributed by atoms with Gasteiger partial charge in [-0.3, -0.25) is 4.79 Å². The van der Waals surface area contributed by atoms with Gasteiger partial charge in [-0.15, -0.1) is 0 Å². The highest BCUT2D eigenvalue weighted by Crippen LogP contribution is 2.34. The van der Waals surface area contributed by atoms with Crippen LogP contribution >= 0.6 is 0 Å². The van der Waals surface area contributed by atoms with Crippen molar-refractivity contribution in [2.45, 2.75) is 6.42 Å². The Morgan fingerprint density at radius 3 is 2.45 bits per heavy atom. The minimum atomic E-state index is -0.283. The van der Waals surface area contributed by atoms with Crippen molar-refractivity contribution < 1.29 is 18.7 Å². The van der Waals surface area contributed by atoms with Gasteiger partial charge in [-0.05, 0) is 48.4 Å². The summed E-state index contributed by atoms with van der Waals surface area (Å²) < 4.78 is 25.6. The molecule has 0 spiro atoms.